The van der Waals surface area contributed by atoms with Gasteiger partial charge in [0.1, 0.15) is 103 Å². The number of rotatable bonds is 14. The summed E-state index contributed by atoms with van der Waals surface area (Å²) in [5, 5.41) is 125. The van der Waals surface area contributed by atoms with Gasteiger partial charge < -0.3 is 104 Å². The molecule has 12 N–H and O–H groups in total. The molecule has 0 aromatic heterocycles. The van der Waals surface area contributed by atoms with Crippen LogP contribution in [0.5, 0.6) is 0 Å². The summed E-state index contributed by atoms with van der Waals surface area (Å²) in [6, 6.07) is 0. The monoisotopic (exact) mass is 1030 g/mol. The van der Waals surface area contributed by atoms with Crippen molar-refractivity contribution in [3.63, 3.8) is 0 Å². The molecule has 0 aromatic rings. The summed E-state index contributed by atoms with van der Waals surface area (Å²) in [7, 11) is 0. The lowest BCUT2D eigenvalue weighted by Crippen LogP contribution is -2.64. The highest BCUT2D eigenvalue weighted by Gasteiger charge is 2.69. The number of carbonyl (C=O) groups excluding carboxylic acids is 2. The van der Waals surface area contributed by atoms with Crippen LogP contribution in [0.3, 0.4) is 0 Å². The molecule has 28 atom stereocenters. The third-order valence-corrected chi connectivity index (χ3v) is 18.3. The van der Waals surface area contributed by atoms with Gasteiger partial charge in [0.05, 0.1) is 44.9 Å². The molecule has 72 heavy (non-hydrogen) atoms. The highest BCUT2D eigenvalue weighted by atomic mass is 16.8. The van der Waals surface area contributed by atoms with Gasteiger partial charge in [-0.15, -0.1) is 0 Å². The zero-order chi connectivity index (χ0) is 51.9. The minimum absolute atomic E-state index is 0.0303. The van der Waals surface area contributed by atoms with Gasteiger partial charge in [-0.3, -0.25) is 9.59 Å². The van der Waals surface area contributed by atoms with Crippen LogP contribution in [-0.2, 0) is 52.2 Å². The standard InChI is InChI=1S/C49H76O23/c1-18(14-64-45-41(62)37(58)36(57)30(13-50)70-45)5-6-28-19(2)33-29(69-28)11-23-21-10-25(51)24-9-20(7-8-48(24,3)22(21)12-32(54)49(23,33)4)68-47-42(63)38(59)43(72-46-40(61)35(56)27(53)16-66-46)31(71-47)17-67-44-39(60)34(55)26(52)15-65-44/h18,20-24,26-27,29-31,33-47,50,52-53,55-63H,5-17H2,1-4H3/t18-,20+,21?,22?,23?,24-,26-,27+,29?,30-,31-,33?,34-,35+,36-,37+,38-,39-,40-,41-,42-,43-,44-,45-,46-,47-,48-,49-/m1/s1. The molecule has 4 saturated carbocycles. The van der Waals surface area contributed by atoms with Crippen molar-refractivity contribution in [1.82, 2.24) is 0 Å². The zero-order valence-corrected chi connectivity index (χ0v) is 41.1. The van der Waals surface area contributed by atoms with Gasteiger partial charge in [-0.2, -0.15) is 0 Å². The SMILES string of the molecule is CC1=C(CC[C@@H](C)CO[C@@H]2O[C@H](CO)[C@@H](O)[C@H](O)[C@H]2O)OC2CC3C4CC(=O)[C@H]5C[C@@H](O[C@@H]6O[C@H](CO[C@H]7OC[C@@H](O)[C@@H](O)[C@H]7O)[C@@H](O[C@H]7OC[C@H](O)[C@H](O)[C@H]7O)[C@H](O)[C@H]6O)CC[C@]5(C)C4CC(=O)[C@]3(C)C12. The fraction of sp³-hybridized carbons (Fsp3) is 0.918. The second kappa shape index (κ2) is 21.5. The number of hydrogen-bond donors (Lipinski definition) is 12. The molecule has 410 valence electrons. The van der Waals surface area contributed by atoms with Crippen molar-refractivity contribution in [2.45, 2.75) is 202 Å². The van der Waals surface area contributed by atoms with Gasteiger partial charge in [-0.05, 0) is 73.7 Å². The number of Topliss-reactive ketones (excluding diaryl/α,β-unsaturated/α-hetero) is 2. The Labute approximate surface area is 416 Å². The van der Waals surface area contributed by atoms with Gasteiger partial charge in [0, 0.05) is 36.5 Å². The van der Waals surface area contributed by atoms with Crippen molar-refractivity contribution < 1.29 is 113 Å². The molecule has 23 nitrogen and oxygen atoms in total. The molecule has 9 rings (SSSR count). The van der Waals surface area contributed by atoms with Crippen LogP contribution in [0.2, 0.25) is 0 Å². The summed E-state index contributed by atoms with van der Waals surface area (Å²) >= 11 is 0. The van der Waals surface area contributed by atoms with E-state index < -0.39 is 153 Å². The Bertz CT molecular complexity index is 1960. The topological polar surface area (TPSA) is 360 Å². The average Bonchev–Trinajstić information content (AvgIpc) is 3.84. The van der Waals surface area contributed by atoms with Gasteiger partial charge in [0.2, 0.25) is 0 Å². The number of hydrogen-bond acceptors (Lipinski definition) is 23. The van der Waals surface area contributed by atoms with Crippen molar-refractivity contribution in [1.29, 1.82) is 0 Å². The Hall–Kier alpha value is -1.92. The van der Waals surface area contributed by atoms with E-state index in [-0.39, 0.29) is 73.3 Å². The molecule has 4 aliphatic carbocycles. The Morgan fingerprint density at radius 1 is 0.694 bits per heavy atom. The van der Waals surface area contributed by atoms with Gasteiger partial charge in [-0.25, -0.2) is 0 Å². The van der Waals surface area contributed by atoms with Gasteiger partial charge >= 0.3 is 0 Å². The Morgan fingerprint density at radius 3 is 2.03 bits per heavy atom. The molecule has 0 aromatic carbocycles. The van der Waals surface area contributed by atoms with Crippen LogP contribution in [0.25, 0.3) is 0 Å². The maximum absolute atomic E-state index is 14.7. The van der Waals surface area contributed by atoms with Crippen LogP contribution in [0.15, 0.2) is 11.3 Å². The van der Waals surface area contributed by atoms with Crippen LogP contribution in [0.1, 0.15) is 79.1 Å². The van der Waals surface area contributed by atoms with Crippen LogP contribution >= 0.6 is 0 Å². The number of fused-ring (bicyclic) bond motifs is 7. The molecular weight excluding hydrogens is 957 g/mol. The number of aliphatic hydroxyl groups excluding tert-OH is 12. The Morgan fingerprint density at radius 2 is 1.33 bits per heavy atom. The summed E-state index contributed by atoms with van der Waals surface area (Å²) in [5.74, 6) is 0.192. The molecule has 0 amide bonds. The van der Waals surface area contributed by atoms with E-state index in [0.29, 0.717) is 38.5 Å². The van der Waals surface area contributed by atoms with E-state index in [1.807, 2.05) is 20.8 Å². The zero-order valence-electron chi connectivity index (χ0n) is 41.1. The molecular formula is C49H76O23. The molecule has 5 aliphatic heterocycles. The summed E-state index contributed by atoms with van der Waals surface area (Å²) in [6.45, 7) is 6.45. The lowest BCUT2D eigenvalue weighted by atomic mass is 9.44. The minimum atomic E-state index is -1.78. The van der Waals surface area contributed by atoms with E-state index in [1.165, 1.54) is 0 Å². The number of ether oxygens (including phenoxy) is 9. The largest absolute Gasteiger partial charge is 0.494 e. The fourth-order valence-electron chi connectivity index (χ4n) is 14.0. The van der Waals surface area contributed by atoms with E-state index in [1.54, 1.807) is 0 Å². The van der Waals surface area contributed by atoms with E-state index in [4.69, 9.17) is 42.6 Å². The smallest absolute Gasteiger partial charge is 0.186 e. The molecule has 0 radical (unpaired) electrons. The lowest BCUT2D eigenvalue weighted by Gasteiger charge is -2.59. The molecule has 8 fully saturated rings. The quantitative estimate of drug-likeness (QED) is 0.0756. The second-order valence-corrected chi connectivity index (χ2v) is 22.7. The maximum Gasteiger partial charge on any atom is 0.186 e. The van der Waals surface area contributed by atoms with Crippen LogP contribution in [0.4, 0.5) is 0 Å². The molecule has 5 unspecified atom stereocenters. The first-order chi connectivity index (χ1) is 34.1. The first-order valence-electron chi connectivity index (χ1n) is 25.7. The van der Waals surface area contributed by atoms with Crippen molar-refractivity contribution in [2.75, 3.05) is 33.0 Å². The molecule has 0 spiro atoms. The number of ketones is 2. The minimum Gasteiger partial charge on any atom is -0.494 e. The first kappa shape index (κ1) is 54.9. The summed E-state index contributed by atoms with van der Waals surface area (Å²) in [6.07, 6.45) is -24.4. The number of allylic oxidation sites excluding steroid dienone is 1. The fourth-order valence-corrected chi connectivity index (χ4v) is 14.0. The summed E-state index contributed by atoms with van der Waals surface area (Å²) in [4.78, 5) is 29.2. The van der Waals surface area contributed by atoms with Gasteiger partial charge in [-0.1, -0.05) is 20.8 Å². The molecule has 4 saturated heterocycles. The van der Waals surface area contributed by atoms with Gasteiger partial charge in [0.15, 0.2) is 25.2 Å². The van der Waals surface area contributed by atoms with E-state index in [0.717, 1.165) is 11.3 Å². The van der Waals surface area contributed by atoms with Crippen LogP contribution in [-0.4, -0.2) is 229 Å². The Balaban J connectivity index is 0.830. The molecule has 0 bridgehead atoms. The third-order valence-electron chi connectivity index (χ3n) is 18.3. The van der Waals surface area contributed by atoms with Crippen molar-refractivity contribution in [2.24, 2.45) is 46.3 Å². The molecule has 23 heteroatoms. The highest BCUT2D eigenvalue weighted by Crippen LogP contribution is 2.68. The predicted molar refractivity (Wildman–Crippen MR) is 239 cm³/mol. The molecule has 9 aliphatic rings. The summed E-state index contributed by atoms with van der Waals surface area (Å²) < 4.78 is 52.9. The summed E-state index contributed by atoms with van der Waals surface area (Å²) in [5.41, 5.74) is -0.248. The van der Waals surface area contributed by atoms with Gasteiger partial charge in [0.25, 0.3) is 0 Å². The Kier molecular flexibility index (Phi) is 16.4. The van der Waals surface area contributed by atoms with Crippen molar-refractivity contribution >= 4 is 11.6 Å². The first-order valence-corrected chi connectivity index (χ1v) is 25.7. The van der Waals surface area contributed by atoms with E-state index in [2.05, 4.69) is 6.92 Å². The normalized spacial score (nSPS) is 52.0. The highest BCUT2D eigenvalue weighted by molar-refractivity contribution is 5.90. The van der Waals surface area contributed by atoms with E-state index >= 15 is 0 Å². The second-order valence-electron chi connectivity index (χ2n) is 22.7. The van der Waals surface area contributed by atoms with E-state index in [9.17, 15) is 70.9 Å². The van der Waals surface area contributed by atoms with Crippen molar-refractivity contribution in [3.8, 4) is 0 Å². The number of carbonyl (C=O) groups is 2. The molecule has 5 heterocycles. The maximum atomic E-state index is 14.7. The lowest BCUT2D eigenvalue weighted by molar-refractivity contribution is -0.361. The predicted octanol–water partition coefficient (Wildman–Crippen LogP) is -3.37. The van der Waals surface area contributed by atoms with Crippen LogP contribution in [0, 0.1) is 46.3 Å². The average molecular weight is 1030 g/mol. The van der Waals surface area contributed by atoms with Crippen molar-refractivity contribution in [3.05, 3.63) is 11.3 Å². The van der Waals surface area contributed by atoms with Crippen LogP contribution < -0.4 is 0 Å². The number of aliphatic hydroxyl groups is 12. The third kappa shape index (κ3) is 9.77.